The molecule has 1 N–H and O–H groups in total. The van der Waals surface area contributed by atoms with Crippen LogP contribution in [0.15, 0.2) is 54.6 Å². The summed E-state index contributed by atoms with van der Waals surface area (Å²) in [5.41, 5.74) is 3.88. The van der Waals surface area contributed by atoms with Crippen LogP contribution in [0.3, 0.4) is 0 Å². The Kier molecular flexibility index (Phi) is 7.05. The normalized spacial score (nSPS) is 10.9. The van der Waals surface area contributed by atoms with Crippen LogP contribution in [0.4, 0.5) is 5.69 Å². The minimum Gasteiger partial charge on any atom is -0.497 e. The van der Waals surface area contributed by atoms with Crippen LogP contribution in [0.2, 0.25) is 10.0 Å². The Morgan fingerprint density at radius 2 is 1.60 bits per heavy atom. The SMILES string of the molecule is COc1ccc(C)c(NC(=O)C(=O)c2c(C)n(Cc3ccc(Cl)cc3Cl)c3ccc(OC)cc23)c1. The number of carbonyl (C=O) groups excluding carboxylic acids is 2. The van der Waals surface area contributed by atoms with Crippen LogP contribution < -0.4 is 14.8 Å². The Morgan fingerprint density at radius 1 is 0.914 bits per heavy atom. The van der Waals surface area contributed by atoms with E-state index in [9.17, 15) is 9.59 Å². The summed E-state index contributed by atoms with van der Waals surface area (Å²) in [7, 11) is 3.10. The molecule has 35 heavy (non-hydrogen) atoms. The highest BCUT2D eigenvalue weighted by molar-refractivity contribution is 6.48. The minimum absolute atomic E-state index is 0.307. The number of hydrogen-bond acceptors (Lipinski definition) is 4. The number of carbonyl (C=O) groups is 2. The number of nitrogens with one attached hydrogen (secondary N) is 1. The number of amides is 1. The number of rotatable bonds is 7. The number of benzene rings is 3. The molecular formula is C27H24Cl2N2O4. The fourth-order valence-electron chi connectivity index (χ4n) is 4.05. The standard InChI is InChI=1S/C27H24Cl2N2O4/c1-15-5-8-20(35-4)13-23(15)30-27(33)26(32)25-16(2)31(14-17-6-7-18(28)11-22(17)29)24-10-9-19(34-3)12-21(24)25/h5-13H,14H2,1-4H3,(H,30,33). The summed E-state index contributed by atoms with van der Waals surface area (Å²) in [4.78, 5) is 26.6. The lowest BCUT2D eigenvalue weighted by molar-refractivity contribution is -0.112. The van der Waals surface area contributed by atoms with E-state index in [1.165, 1.54) is 0 Å². The maximum absolute atomic E-state index is 13.5. The van der Waals surface area contributed by atoms with Gasteiger partial charge < -0.3 is 19.4 Å². The largest absolute Gasteiger partial charge is 0.497 e. The van der Waals surface area contributed by atoms with E-state index >= 15 is 0 Å². The van der Waals surface area contributed by atoms with Crippen molar-refractivity contribution in [2.75, 3.05) is 19.5 Å². The van der Waals surface area contributed by atoms with Crippen LogP contribution in [0.1, 0.15) is 27.2 Å². The highest BCUT2D eigenvalue weighted by atomic mass is 35.5. The number of anilines is 1. The van der Waals surface area contributed by atoms with Crippen molar-refractivity contribution in [3.05, 3.63) is 87.0 Å². The van der Waals surface area contributed by atoms with E-state index in [2.05, 4.69) is 5.32 Å². The van der Waals surface area contributed by atoms with Gasteiger partial charge in [0, 0.05) is 44.9 Å². The molecule has 8 heteroatoms. The van der Waals surface area contributed by atoms with Gasteiger partial charge in [0.05, 0.1) is 19.8 Å². The number of halogens is 2. The Balaban J connectivity index is 1.78. The molecule has 0 aliphatic carbocycles. The summed E-state index contributed by atoms with van der Waals surface area (Å²) in [5.74, 6) is -0.229. The summed E-state index contributed by atoms with van der Waals surface area (Å²) in [6, 6.07) is 16.0. The van der Waals surface area contributed by atoms with E-state index in [1.54, 1.807) is 44.6 Å². The molecule has 0 spiro atoms. The van der Waals surface area contributed by atoms with Crippen molar-refractivity contribution < 1.29 is 19.1 Å². The first-order chi connectivity index (χ1) is 16.7. The van der Waals surface area contributed by atoms with Crippen molar-refractivity contribution in [2.24, 2.45) is 0 Å². The number of hydrogen-bond donors (Lipinski definition) is 1. The fraction of sp³-hybridized carbons (Fsp3) is 0.185. The zero-order valence-electron chi connectivity index (χ0n) is 19.7. The molecule has 1 aromatic heterocycles. The number of aromatic nitrogens is 1. The molecule has 6 nitrogen and oxygen atoms in total. The quantitative estimate of drug-likeness (QED) is 0.229. The predicted molar refractivity (Wildman–Crippen MR) is 139 cm³/mol. The number of aryl methyl sites for hydroxylation is 1. The molecule has 4 rings (SSSR count). The van der Waals surface area contributed by atoms with Gasteiger partial charge in [0.15, 0.2) is 0 Å². The van der Waals surface area contributed by atoms with E-state index in [-0.39, 0.29) is 0 Å². The number of ether oxygens (including phenoxy) is 2. The second kappa shape index (κ2) is 10.0. The van der Waals surface area contributed by atoms with Crippen molar-refractivity contribution in [1.29, 1.82) is 0 Å². The van der Waals surface area contributed by atoms with Crippen LogP contribution in [0.5, 0.6) is 11.5 Å². The number of nitrogens with zero attached hydrogens (tertiary/aromatic N) is 1. The average molecular weight is 511 g/mol. The number of fused-ring (bicyclic) bond motifs is 1. The molecule has 0 saturated carbocycles. The highest BCUT2D eigenvalue weighted by Crippen LogP contribution is 2.32. The number of methoxy groups -OCH3 is 2. The zero-order valence-corrected chi connectivity index (χ0v) is 21.3. The summed E-state index contributed by atoms with van der Waals surface area (Å²) >= 11 is 12.5. The van der Waals surface area contributed by atoms with Gasteiger partial charge in [-0.15, -0.1) is 0 Å². The van der Waals surface area contributed by atoms with E-state index < -0.39 is 11.7 Å². The van der Waals surface area contributed by atoms with Gasteiger partial charge in [-0.3, -0.25) is 9.59 Å². The molecule has 3 aromatic carbocycles. The third-order valence-electron chi connectivity index (χ3n) is 6.00. The lowest BCUT2D eigenvalue weighted by Crippen LogP contribution is -2.24. The van der Waals surface area contributed by atoms with Gasteiger partial charge in [0.2, 0.25) is 0 Å². The van der Waals surface area contributed by atoms with E-state index in [4.69, 9.17) is 32.7 Å². The van der Waals surface area contributed by atoms with Crippen molar-refractivity contribution in [3.63, 3.8) is 0 Å². The van der Waals surface area contributed by atoms with Crippen LogP contribution in [-0.4, -0.2) is 30.5 Å². The second-order valence-corrected chi connectivity index (χ2v) is 8.97. The monoisotopic (exact) mass is 510 g/mol. The second-order valence-electron chi connectivity index (χ2n) is 8.13. The van der Waals surface area contributed by atoms with Crippen LogP contribution in [0.25, 0.3) is 10.9 Å². The zero-order chi connectivity index (χ0) is 25.3. The summed E-state index contributed by atoms with van der Waals surface area (Å²) in [6.07, 6.45) is 0. The lowest BCUT2D eigenvalue weighted by Gasteiger charge is -2.11. The Bertz CT molecular complexity index is 1460. The van der Waals surface area contributed by atoms with Crippen molar-refractivity contribution in [2.45, 2.75) is 20.4 Å². The Hall–Kier alpha value is -3.48. The fourth-order valence-corrected chi connectivity index (χ4v) is 4.52. The van der Waals surface area contributed by atoms with Gasteiger partial charge in [0.1, 0.15) is 11.5 Å². The average Bonchev–Trinajstić information content (AvgIpc) is 3.11. The van der Waals surface area contributed by atoms with Crippen molar-refractivity contribution in [1.82, 2.24) is 4.57 Å². The topological polar surface area (TPSA) is 69.6 Å². The molecule has 1 amide bonds. The summed E-state index contributed by atoms with van der Waals surface area (Å²) in [6.45, 7) is 4.06. The first-order valence-electron chi connectivity index (χ1n) is 10.8. The maximum atomic E-state index is 13.5. The smallest absolute Gasteiger partial charge is 0.296 e. The van der Waals surface area contributed by atoms with Gasteiger partial charge in [-0.1, -0.05) is 35.3 Å². The maximum Gasteiger partial charge on any atom is 0.296 e. The van der Waals surface area contributed by atoms with Gasteiger partial charge in [-0.25, -0.2) is 0 Å². The Morgan fingerprint density at radius 3 is 2.29 bits per heavy atom. The van der Waals surface area contributed by atoms with Gasteiger partial charge in [-0.2, -0.15) is 0 Å². The first-order valence-corrected chi connectivity index (χ1v) is 11.6. The van der Waals surface area contributed by atoms with E-state index in [0.29, 0.717) is 50.4 Å². The lowest BCUT2D eigenvalue weighted by atomic mass is 10.1. The van der Waals surface area contributed by atoms with Crippen LogP contribution in [0, 0.1) is 13.8 Å². The molecule has 1 heterocycles. The summed E-state index contributed by atoms with van der Waals surface area (Å²) in [5, 5.41) is 4.41. The van der Waals surface area contributed by atoms with E-state index in [1.807, 2.05) is 42.7 Å². The molecule has 0 atom stereocenters. The Labute approximate surface area is 213 Å². The molecule has 0 bridgehead atoms. The van der Waals surface area contributed by atoms with Crippen LogP contribution in [-0.2, 0) is 11.3 Å². The van der Waals surface area contributed by atoms with E-state index in [0.717, 1.165) is 16.6 Å². The molecule has 4 aromatic rings. The number of ketones is 1. The third-order valence-corrected chi connectivity index (χ3v) is 6.59. The molecule has 0 aliphatic heterocycles. The van der Waals surface area contributed by atoms with Gasteiger partial charge in [0.25, 0.3) is 11.7 Å². The molecule has 0 aliphatic rings. The van der Waals surface area contributed by atoms with Crippen molar-refractivity contribution >= 4 is 51.5 Å². The number of Topliss-reactive ketones (excluding diaryl/α,β-unsaturated/α-hetero) is 1. The van der Waals surface area contributed by atoms with Gasteiger partial charge >= 0.3 is 0 Å². The summed E-state index contributed by atoms with van der Waals surface area (Å²) < 4.78 is 12.6. The third kappa shape index (κ3) is 4.85. The first kappa shape index (κ1) is 24.6. The highest BCUT2D eigenvalue weighted by Gasteiger charge is 2.26. The molecule has 180 valence electrons. The molecule has 0 radical (unpaired) electrons. The van der Waals surface area contributed by atoms with Crippen LogP contribution >= 0.6 is 23.2 Å². The van der Waals surface area contributed by atoms with Crippen molar-refractivity contribution in [3.8, 4) is 11.5 Å². The molecule has 0 unspecified atom stereocenters. The minimum atomic E-state index is -0.740. The molecule has 0 fully saturated rings. The molecular weight excluding hydrogens is 487 g/mol. The molecule has 0 saturated heterocycles. The predicted octanol–water partition coefficient (Wildman–Crippen LogP) is 6.45. The van der Waals surface area contributed by atoms with Gasteiger partial charge in [-0.05, 0) is 61.4 Å².